The van der Waals surface area contributed by atoms with Gasteiger partial charge in [0.25, 0.3) is 5.91 Å². The number of nitrogens with zero attached hydrogens (tertiary/aromatic N) is 7. The fourth-order valence-electron chi connectivity index (χ4n) is 5.88. The van der Waals surface area contributed by atoms with Crippen molar-refractivity contribution in [2.24, 2.45) is 0 Å². The molecule has 0 saturated carbocycles. The number of aryl methyl sites for hydroxylation is 3. The molecule has 0 unspecified atom stereocenters. The van der Waals surface area contributed by atoms with Gasteiger partial charge in [-0.1, -0.05) is 30.3 Å². The second-order valence-electron chi connectivity index (χ2n) is 10.9. The van der Waals surface area contributed by atoms with Crippen molar-refractivity contribution in [2.45, 2.75) is 77.9 Å². The van der Waals surface area contributed by atoms with Gasteiger partial charge in [0.1, 0.15) is 24.0 Å². The van der Waals surface area contributed by atoms with Crippen molar-refractivity contribution in [1.29, 1.82) is 0 Å². The van der Waals surface area contributed by atoms with E-state index in [0.717, 1.165) is 18.4 Å². The van der Waals surface area contributed by atoms with E-state index in [2.05, 4.69) is 20.4 Å². The third kappa shape index (κ3) is 6.44. The number of piperidine rings is 1. The van der Waals surface area contributed by atoms with Crippen LogP contribution in [0.15, 0.2) is 36.7 Å². The number of aromatic nitrogens is 5. The molecule has 5 rings (SSSR count). The number of benzene rings is 1. The van der Waals surface area contributed by atoms with Gasteiger partial charge < -0.3 is 15.1 Å². The topological polar surface area (TPSA) is 126 Å². The Bertz CT molecular complexity index is 1390. The molecular formula is C30H38N8O3. The van der Waals surface area contributed by atoms with E-state index < -0.39 is 12.1 Å². The summed E-state index contributed by atoms with van der Waals surface area (Å²) in [6.07, 6.45) is 5.11. The quantitative estimate of drug-likeness (QED) is 0.524. The van der Waals surface area contributed by atoms with Crippen molar-refractivity contribution in [3.05, 3.63) is 70.8 Å². The summed E-state index contributed by atoms with van der Waals surface area (Å²) in [5, 5.41) is 7.89. The fourth-order valence-corrected chi connectivity index (χ4v) is 5.88. The zero-order valence-electron chi connectivity index (χ0n) is 24.0. The zero-order valence-corrected chi connectivity index (χ0v) is 24.0. The molecule has 0 bridgehead atoms. The van der Waals surface area contributed by atoms with Crippen LogP contribution in [0.5, 0.6) is 0 Å². The van der Waals surface area contributed by atoms with E-state index in [0.29, 0.717) is 74.0 Å². The monoisotopic (exact) mass is 558 g/mol. The van der Waals surface area contributed by atoms with E-state index in [-0.39, 0.29) is 24.1 Å². The van der Waals surface area contributed by atoms with E-state index in [1.165, 1.54) is 6.33 Å². The number of hydrogen-bond acceptors (Lipinski definition) is 7. The maximum Gasteiger partial charge on any atom is 0.257 e. The smallest absolute Gasteiger partial charge is 0.257 e. The summed E-state index contributed by atoms with van der Waals surface area (Å²) in [6, 6.07) is 8.96. The molecule has 1 saturated heterocycles. The van der Waals surface area contributed by atoms with Gasteiger partial charge in [-0.25, -0.2) is 19.6 Å². The lowest BCUT2D eigenvalue weighted by Gasteiger charge is -2.36. The van der Waals surface area contributed by atoms with E-state index >= 15 is 0 Å². The summed E-state index contributed by atoms with van der Waals surface area (Å²) < 4.78 is 1.81. The number of hydrogen-bond donors (Lipinski definition) is 1. The number of amides is 3. The van der Waals surface area contributed by atoms with Crippen molar-refractivity contribution in [2.75, 3.05) is 19.6 Å². The van der Waals surface area contributed by atoms with Crippen LogP contribution >= 0.6 is 0 Å². The van der Waals surface area contributed by atoms with Gasteiger partial charge in [-0.3, -0.25) is 14.4 Å². The molecule has 11 heteroatoms. The van der Waals surface area contributed by atoms with Gasteiger partial charge in [0.15, 0.2) is 0 Å². The molecule has 0 radical (unpaired) electrons. The fraction of sp³-hybridized carbons (Fsp3) is 0.500. The summed E-state index contributed by atoms with van der Waals surface area (Å²) in [5.41, 5.74) is 2.78. The van der Waals surface area contributed by atoms with Gasteiger partial charge in [0.05, 0.1) is 29.5 Å². The predicted molar refractivity (Wildman–Crippen MR) is 152 cm³/mol. The molecule has 0 spiro atoms. The molecule has 11 nitrogen and oxygen atoms in total. The average Bonchev–Trinajstić information content (AvgIpc) is 3.34. The molecule has 2 aromatic heterocycles. The lowest BCUT2D eigenvalue weighted by molar-refractivity contribution is -0.142. The van der Waals surface area contributed by atoms with Crippen LogP contribution < -0.4 is 5.32 Å². The molecule has 2 atom stereocenters. The highest BCUT2D eigenvalue weighted by molar-refractivity contribution is 5.96. The predicted octanol–water partition coefficient (Wildman–Crippen LogP) is 2.71. The first kappa shape index (κ1) is 28.4. The van der Waals surface area contributed by atoms with Crippen molar-refractivity contribution in [3.8, 4) is 0 Å². The number of carbonyl (C=O) groups is 3. The Hall–Kier alpha value is -4.15. The highest BCUT2D eigenvalue weighted by atomic mass is 16.2. The van der Waals surface area contributed by atoms with Crippen LogP contribution in [-0.4, -0.2) is 77.9 Å². The molecule has 3 aromatic rings. The van der Waals surface area contributed by atoms with E-state index in [1.54, 1.807) is 14.5 Å². The van der Waals surface area contributed by atoms with E-state index in [4.69, 9.17) is 4.98 Å². The first-order valence-electron chi connectivity index (χ1n) is 14.4. The van der Waals surface area contributed by atoms with Gasteiger partial charge in [-0.05, 0) is 58.4 Å². The molecular weight excluding hydrogens is 520 g/mol. The standard InChI is InChI=1S/C30H38N8O3/c1-20-27(21(2)32-19-31-20)30(41)36-14-9-13-26(39)37-15-8-7-12-25(37)29(40)34-24(18-23-10-5-4-6-11-23)28-33-22(3)35-38(28)17-16-36/h4-6,10-11,19,24-25H,7-9,12-18H2,1-3H3,(H,34,40)/t24-,25+/m1/s1. The summed E-state index contributed by atoms with van der Waals surface area (Å²) in [5.74, 6) is 0.849. The molecule has 4 heterocycles. The van der Waals surface area contributed by atoms with Gasteiger partial charge in [-0.15, -0.1) is 0 Å². The van der Waals surface area contributed by atoms with Crippen LogP contribution in [0.1, 0.15) is 77.1 Å². The minimum Gasteiger partial charge on any atom is -0.344 e. The van der Waals surface area contributed by atoms with Crippen LogP contribution in [0.4, 0.5) is 0 Å². The minimum absolute atomic E-state index is 0.0525. The SMILES string of the molecule is Cc1nc2n(n1)CCN(C(=O)c1c(C)ncnc1C)CCCC(=O)N1CCCC[C@H]1C(=O)N[C@@H]2Cc1ccccc1. The third-order valence-corrected chi connectivity index (χ3v) is 7.97. The Kier molecular flexibility index (Phi) is 8.70. The van der Waals surface area contributed by atoms with Crippen LogP contribution in [0.2, 0.25) is 0 Å². The maximum atomic E-state index is 13.8. The van der Waals surface area contributed by atoms with Crippen LogP contribution in [0.25, 0.3) is 0 Å². The van der Waals surface area contributed by atoms with Crippen LogP contribution in [0.3, 0.4) is 0 Å². The van der Waals surface area contributed by atoms with Gasteiger partial charge in [0, 0.05) is 26.1 Å². The molecule has 1 N–H and O–H groups in total. The summed E-state index contributed by atoms with van der Waals surface area (Å²) >= 11 is 0. The molecule has 41 heavy (non-hydrogen) atoms. The number of rotatable bonds is 3. The molecule has 3 amide bonds. The van der Waals surface area contributed by atoms with Gasteiger partial charge in [-0.2, -0.15) is 5.10 Å². The molecule has 1 aromatic carbocycles. The van der Waals surface area contributed by atoms with Crippen molar-refractivity contribution < 1.29 is 14.4 Å². The molecule has 2 aliphatic rings. The van der Waals surface area contributed by atoms with E-state index in [9.17, 15) is 14.4 Å². The Morgan fingerprint density at radius 2 is 1.71 bits per heavy atom. The lowest BCUT2D eigenvalue weighted by atomic mass is 9.99. The lowest BCUT2D eigenvalue weighted by Crippen LogP contribution is -2.53. The first-order chi connectivity index (χ1) is 19.8. The zero-order chi connectivity index (χ0) is 28.9. The summed E-state index contributed by atoms with van der Waals surface area (Å²) in [6.45, 7) is 7.13. The number of carbonyl (C=O) groups excluding carboxylic acids is 3. The number of nitrogens with one attached hydrogen (secondary N) is 1. The highest BCUT2D eigenvalue weighted by Crippen LogP contribution is 2.23. The van der Waals surface area contributed by atoms with Crippen molar-refractivity contribution >= 4 is 17.7 Å². The maximum absolute atomic E-state index is 13.8. The third-order valence-electron chi connectivity index (χ3n) is 7.97. The van der Waals surface area contributed by atoms with Crippen LogP contribution in [0, 0.1) is 20.8 Å². The van der Waals surface area contributed by atoms with Crippen molar-refractivity contribution in [1.82, 2.24) is 39.8 Å². The van der Waals surface area contributed by atoms with Gasteiger partial charge >= 0.3 is 0 Å². The molecule has 216 valence electrons. The Morgan fingerprint density at radius 3 is 2.46 bits per heavy atom. The summed E-state index contributed by atoms with van der Waals surface area (Å²) in [7, 11) is 0. The Balaban J connectivity index is 1.51. The second-order valence-corrected chi connectivity index (χ2v) is 10.9. The Morgan fingerprint density at radius 1 is 0.951 bits per heavy atom. The first-order valence-corrected chi connectivity index (χ1v) is 14.4. The van der Waals surface area contributed by atoms with E-state index in [1.807, 2.05) is 51.1 Å². The summed E-state index contributed by atoms with van der Waals surface area (Å²) in [4.78, 5) is 57.6. The second kappa shape index (κ2) is 12.6. The molecule has 1 fully saturated rings. The van der Waals surface area contributed by atoms with Gasteiger partial charge in [0.2, 0.25) is 11.8 Å². The largest absolute Gasteiger partial charge is 0.344 e. The minimum atomic E-state index is -0.528. The van der Waals surface area contributed by atoms with Crippen LogP contribution in [-0.2, 0) is 22.6 Å². The molecule has 2 aliphatic heterocycles. The highest BCUT2D eigenvalue weighted by Gasteiger charge is 2.34. The molecule has 0 aliphatic carbocycles. The average molecular weight is 559 g/mol. The Labute approximate surface area is 240 Å². The van der Waals surface area contributed by atoms with Crippen molar-refractivity contribution in [3.63, 3.8) is 0 Å². The normalized spacial score (nSPS) is 20.6. The number of fused-ring (bicyclic) bond motifs is 2.